The largest absolute Gasteiger partial charge is 0.336 e. The maximum Gasteiger partial charge on any atom is 0.258 e. The van der Waals surface area contributed by atoms with Gasteiger partial charge in [0.1, 0.15) is 0 Å². The molecule has 1 heterocycles. The molecule has 1 aromatic rings. The van der Waals surface area contributed by atoms with Gasteiger partial charge in [0.25, 0.3) is 5.89 Å². The molecular weight excluding hydrogens is 222 g/mol. The lowest BCUT2D eigenvalue weighted by Gasteiger charge is -2.12. The van der Waals surface area contributed by atoms with Gasteiger partial charge in [-0.25, -0.2) is 5.48 Å². The zero-order valence-corrected chi connectivity index (χ0v) is 10.1. The minimum Gasteiger partial charge on any atom is -0.336 e. The molecule has 0 saturated heterocycles. The molecule has 6 heteroatoms. The fraction of sp³-hybridized carbons (Fsp3) is 0.727. The smallest absolute Gasteiger partial charge is 0.258 e. The summed E-state index contributed by atoms with van der Waals surface area (Å²) in [5, 5.41) is 3.66. The van der Waals surface area contributed by atoms with Crippen LogP contribution in [0.15, 0.2) is 4.52 Å². The Labute approximate surface area is 99.7 Å². The van der Waals surface area contributed by atoms with Crippen molar-refractivity contribution in [1.82, 2.24) is 15.6 Å². The molecule has 1 N–H and O–H groups in total. The van der Waals surface area contributed by atoms with E-state index in [1.165, 1.54) is 0 Å². The second-order valence-corrected chi connectivity index (χ2v) is 4.39. The molecule has 0 unspecified atom stereocenters. The minimum atomic E-state index is -0.429. The Morgan fingerprint density at radius 1 is 1.53 bits per heavy atom. The molecule has 1 aliphatic carbocycles. The maximum atomic E-state index is 11.7. The second-order valence-electron chi connectivity index (χ2n) is 4.39. The van der Waals surface area contributed by atoms with Gasteiger partial charge in [-0.3, -0.25) is 9.63 Å². The van der Waals surface area contributed by atoms with E-state index >= 15 is 0 Å². The summed E-state index contributed by atoms with van der Waals surface area (Å²) in [6.07, 6.45) is 3.71. The van der Waals surface area contributed by atoms with Gasteiger partial charge in [0.15, 0.2) is 11.9 Å². The Balaban J connectivity index is 1.79. The summed E-state index contributed by atoms with van der Waals surface area (Å²) in [5.74, 6) is 0.962. The van der Waals surface area contributed by atoms with Crippen LogP contribution >= 0.6 is 0 Å². The van der Waals surface area contributed by atoms with Gasteiger partial charge in [0.05, 0.1) is 0 Å². The summed E-state index contributed by atoms with van der Waals surface area (Å²) in [6.45, 7) is 3.48. The van der Waals surface area contributed by atoms with Gasteiger partial charge in [0.2, 0.25) is 5.91 Å². The van der Waals surface area contributed by atoms with Crippen LogP contribution in [0.5, 0.6) is 0 Å². The minimum absolute atomic E-state index is 0.0504. The van der Waals surface area contributed by atoms with Crippen molar-refractivity contribution in [3.63, 3.8) is 0 Å². The van der Waals surface area contributed by atoms with Gasteiger partial charge in [-0.2, -0.15) is 4.98 Å². The van der Waals surface area contributed by atoms with Crippen molar-refractivity contribution < 1.29 is 14.2 Å². The fourth-order valence-electron chi connectivity index (χ4n) is 1.95. The Hall–Kier alpha value is -1.43. The maximum absolute atomic E-state index is 11.7. The number of carbonyl (C=O) groups excluding carboxylic acids is 1. The van der Waals surface area contributed by atoms with Crippen LogP contribution < -0.4 is 5.48 Å². The predicted octanol–water partition coefficient (Wildman–Crippen LogP) is 1.68. The molecule has 1 atom stereocenters. The van der Waals surface area contributed by atoms with Crippen LogP contribution in [0.4, 0.5) is 0 Å². The number of aromatic nitrogens is 2. The highest BCUT2D eigenvalue weighted by Gasteiger charge is 2.24. The number of nitrogens with one attached hydrogen (secondary N) is 1. The SMILES string of the molecule is Cc1noc([C@H](C)ONC(=O)C2CCCC2)n1. The molecule has 94 valence electrons. The molecular formula is C11H17N3O3. The van der Waals surface area contributed by atoms with E-state index in [1.54, 1.807) is 13.8 Å². The Kier molecular flexibility index (Phi) is 3.73. The number of hydrogen-bond donors (Lipinski definition) is 1. The number of amides is 1. The van der Waals surface area contributed by atoms with Crippen molar-refractivity contribution in [1.29, 1.82) is 0 Å². The Morgan fingerprint density at radius 2 is 2.24 bits per heavy atom. The fourth-order valence-corrected chi connectivity index (χ4v) is 1.95. The third-order valence-electron chi connectivity index (χ3n) is 2.95. The Morgan fingerprint density at radius 3 is 2.82 bits per heavy atom. The summed E-state index contributed by atoms with van der Waals surface area (Å²) < 4.78 is 4.95. The van der Waals surface area contributed by atoms with Crippen molar-refractivity contribution in [2.24, 2.45) is 5.92 Å². The van der Waals surface area contributed by atoms with Gasteiger partial charge in [-0.05, 0) is 26.7 Å². The normalized spacial score (nSPS) is 18.2. The van der Waals surface area contributed by atoms with Gasteiger partial charge in [0, 0.05) is 5.92 Å². The topological polar surface area (TPSA) is 77.3 Å². The molecule has 6 nitrogen and oxygen atoms in total. The lowest BCUT2D eigenvalue weighted by molar-refractivity contribution is -0.143. The van der Waals surface area contributed by atoms with Crippen LogP contribution in [-0.2, 0) is 9.63 Å². The first kappa shape index (κ1) is 12.0. The zero-order valence-electron chi connectivity index (χ0n) is 10.1. The highest BCUT2D eigenvalue weighted by molar-refractivity contribution is 5.77. The second kappa shape index (κ2) is 5.27. The first-order valence-corrected chi connectivity index (χ1v) is 5.92. The third kappa shape index (κ3) is 3.03. The monoisotopic (exact) mass is 239 g/mol. The summed E-state index contributed by atoms with van der Waals surface area (Å²) in [7, 11) is 0. The first-order valence-electron chi connectivity index (χ1n) is 5.92. The summed E-state index contributed by atoms with van der Waals surface area (Å²) in [6, 6.07) is 0. The molecule has 1 aliphatic rings. The molecule has 0 aliphatic heterocycles. The van der Waals surface area contributed by atoms with E-state index in [2.05, 4.69) is 15.6 Å². The van der Waals surface area contributed by atoms with Crippen LogP contribution in [-0.4, -0.2) is 16.0 Å². The number of hydrogen-bond acceptors (Lipinski definition) is 5. The van der Waals surface area contributed by atoms with E-state index in [4.69, 9.17) is 9.36 Å². The number of carbonyl (C=O) groups is 1. The van der Waals surface area contributed by atoms with E-state index in [0.29, 0.717) is 11.7 Å². The molecule has 0 aromatic carbocycles. The lowest BCUT2D eigenvalue weighted by Crippen LogP contribution is -2.30. The number of nitrogens with zero attached hydrogens (tertiary/aromatic N) is 2. The highest BCUT2D eigenvalue weighted by Crippen LogP contribution is 2.25. The predicted molar refractivity (Wildman–Crippen MR) is 58.6 cm³/mol. The van der Waals surface area contributed by atoms with Gasteiger partial charge < -0.3 is 4.52 Å². The molecule has 1 amide bonds. The molecule has 0 bridgehead atoms. The molecule has 0 radical (unpaired) electrons. The van der Waals surface area contributed by atoms with Crippen LogP contribution in [0.2, 0.25) is 0 Å². The van der Waals surface area contributed by atoms with E-state index < -0.39 is 6.10 Å². The molecule has 2 rings (SSSR count). The zero-order chi connectivity index (χ0) is 12.3. The van der Waals surface area contributed by atoms with Crippen molar-refractivity contribution in [3.8, 4) is 0 Å². The number of aryl methyl sites for hydroxylation is 1. The van der Waals surface area contributed by atoms with E-state index in [-0.39, 0.29) is 11.8 Å². The van der Waals surface area contributed by atoms with E-state index in [1.807, 2.05) is 0 Å². The molecule has 1 aromatic heterocycles. The molecule has 0 spiro atoms. The van der Waals surface area contributed by atoms with Crippen molar-refractivity contribution >= 4 is 5.91 Å². The van der Waals surface area contributed by atoms with Gasteiger partial charge in [-0.15, -0.1) is 0 Å². The summed E-state index contributed by atoms with van der Waals surface area (Å²) in [4.78, 5) is 20.9. The quantitative estimate of drug-likeness (QED) is 0.809. The third-order valence-corrected chi connectivity index (χ3v) is 2.95. The summed E-state index contributed by atoms with van der Waals surface area (Å²) in [5.41, 5.74) is 2.47. The van der Waals surface area contributed by atoms with Crippen LogP contribution in [0, 0.1) is 12.8 Å². The number of rotatable bonds is 4. The Bertz CT molecular complexity index is 385. The highest BCUT2D eigenvalue weighted by atomic mass is 16.7. The first-order chi connectivity index (χ1) is 8.16. The van der Waals surface area contributed by atoms with Crippen LogP contribution in [0.1, 0.15) is 50.4 Å². The summed E-state index contributed by atoms with van der Waals surface area (Å²) >= 11 is 0. The average Bonchev–Trinajstić information content (AvgIpc) is 2.95. The van der Waals surface area contributed by atoms with Crippen LogP contribution in [0.3, 0.4) is 0 Å². The van der Waals surface area contributed by atoms with Gasteiger partial charge >= 0.3 is 0 Å². The van der Waals surface area contributed by atoms with Gasteiger partial charge in [-0.1, -0.05) is 18.0 Å². The number of hydroxylamine groups is 1. The van der Waals surface area contributed by atoms with Crippen molar-refractivity contribution in [2.75, 3.05) is 0 Å². The van der Waals surface area contributed by atoms with Crippen LogP contribution in [0.25, 0.3) is 0 Å². The lowest BCUT2D eigenvalue weighted by atomic mass is 10.1. The molecule has 1 fully saturated rings. The van der Waals surface area contributed by atoms with Crippen molar-refractivity contribution in [3.05, 3.63) is 11.7 Å². The molecule has 17 heavy (non-hydrogen) atoms. The van der Waals surface area contributed by atoms with E-state index in [9.17, 15) is 4.79 Å². The van der Waals surface area contributed by atoms with Crippen molar-refractivity contribution in [2.45, 2.75) is 45.6 Å². The standard InChI is InChI=1S/C11H17N3O3/c1-7(11-12-8(2)13-17-11)16-14-10(15)9-5-3-4-6-9/h7,9H,3-6H2,1-2H3,(H,14,15)/t7-/m0/s1. The molecule has 1 saturated carbocycles. The van der Waals surface area contributed by atoms with E-state index in [0.717, 1.165) is 25.7 Å². The average molecular weight is 239 g/mol.